The normalized spacial score (nSPS) is 10.9. The lowest BCUT2D eigenvalue weighted by Gasteiger charge is -2.14. The zero-order chi connectivity index (χ0) is 18.1. The van der Waals surface area contributed by atoms with Crippen molar-refractivity contribution in [1.82, 2.24) is 5.32 Å². The van der Waals surface area contributed by atoms with Crippen LogP contribution in [-0.4, -0.2) is 31.5 Å². The quantitative estimate of drug-likeness (QED) is 0.527. The third-order valence-electron chi connectivity index (χ3n) is 3.40. The highest BCUT2D eigenvalue weighted by Crippen LogP contribution is 2.26. The number of ether oxygens (including phenoxy) is 2. The molecule has 0 aliphatic heterocycles. The molecule has 25 heavy (non-hydrogen) atoms. The SMILES string of the molecule is OCCOCCNCc1cc(Br)ccc1OCc1ccc(Cl)cc1Cl. The zero-order valence-corrected chi connectivity index (χ0v) is 16.7. The molecular formula is C18H20BrCl2NO3. The van der Waals surface area contributed by atoms with Crippen LogP contribution in [0.2, 0.25) is 10.0 Å². The minimum absolute atomic E-state index is 0.0386. The Morgan fingerprint density at radius 1 is 1.04 bits per heavy atom. The first-order valence-electron chi connectivity index (χ1n) is 7.84. The van der Waals surface area contributed by atoms with E-state index in [4.69, 9.17) is 37.8 Å². The van der Waals surface area contributed by atoms with Crippen molar-refractivity contribution in [2.75, 3.05) is 26.4 Å². The fourth-order valence-corrected chi connectivity index (χ4v) is 3.03. The molecule has 2 aromatic carbocycles. The van der Waals surface area contributed by atoms with Crippen LogP contribution < -0.4 is 10.1 Å². The molecule has 0 spiro atoms. The molecule has 0 aliphatic carbocycles. The second kappa shape index (κ2) is 11.0. The summed E-state index contributed by atoms with van der Waals surface area (Å²) in [6.07, 6.45) is 0. The van der Waals surface area contributed by atoms with Gasteiger partial charge in [-0.25, -0.2) is 0 Å². The van der Waals surface area contributed by atoms with Gasteiger partial charge in [-0.05, 0) is 30.3 Å². The van der Waals surface area contributed by atoms with Gasteiger partial charge in [-0.1, -0.05) is 45.2 Å². The third kappa shape index (κ3) is 7.13. The van der Waals surface area contributed by atoms with E-state index in [0.29, 0.717) is 43.0 Å². The predicted molar refractivity (Wildman–Crippen MR) is 105 cm³/mol. The minimum atomic E-state index is 0.0386. The Kier molecular flexibility index (Phi) is 9.03. The van der Waals surface area contributed by atoms with E-state index in [9.17, 15) is 0 Å². The van der Waals surface area contributed by atoms with Crippen molar-refractivity contribution in [2.24, 2.45) is 0 Å². The van der Waals surface area contributed by atoms with Crippen molar-refractivity contribution >= 4 is 39.1 Å². The largest absolute Gasteiger partial charge is 0.489 e. The number of aliphatic hydroxyl groups excluding tert-OH is 1. The van der Waals surface area contributed by atoms with Crippen molar-refractivity contribution in [3.8, 4) is 5.75 Å². The van der Waals surface area contributed by atoms with Gasteiger partial charge in [0.05, 0.1) is 19.8 Å². The standard InChI is InChI=1S/C18H20BrCl2NO3/c19-15-2-4-18(14(9-15)11-22-5-7-24-8-6-23)25-12-13-1-3-16(20)10-17(13)21/h1-4,9-10,22-23H,5-8,11-12H2. The molecule has 0 amide bonds. The third-order valence-corrected chi connectivity index (χ3v) is 4.48. The second-order valence-corrected chi connectivity index (χ2v) is 7.05. The second-order valence-electron chi connectivity index (χ2n) is 5.29. The molecule has 136 valence electrons. The first kappa shape index (κ1) is 20.5. The van der Waals surface area contributed by atoms with E-state index in [2.05, 4.69) is 21.2 Å². The molecule has 2 aromatic rings. The highest BCUT2D eigenvalue weighted by molar-refractivity contribution is 9.10. The van der Waals surface area contributed by atoms with Gasteiger partial charge < -0.3 is 19.9 Å². The van der Waals surface area contributed by atoms with Crippen molar-refractivity contribution in [3.05, 3.63) is 62.0 Å². The van der Waals surface area contributed by atoms with E-state index in [1.54, 1.807) is 12.1 Å². The molecule has 0 bridgehead atoms. The zero-order valence-electron chi connectivity index (χ0n) is 13.6. The summed E-state index contributed by atoms with van der Waals surface area (Å²) in [5, 5.41) is 13.2. The lowest BCUT2D eigenvalue weighted by Crippen LogP contribution is -2.20. The van der Waals surface area contributed by atoms with Crippen LogP contribution in [0.4, 0.5) is 0 Å². The molecule has 0 atom stereocenters. The van der Waals surface area contributed by atoms with Crippen LogP contribution in [0.5, 0.6) is 5.75 Å². The van der Waals surface area contributed by atoms with E-state index in [1.807, 2.05) is 24.3 Å². The Morgan fingerprint density at radius 3 is 2.64 bits per heavy atom. The number of aliphatic hydroxyl groups is 1. The summed E-state index contributed by atoms with van der Waals surface area (Å²) in [4.78, 5) is 0. The minimum Gasteiger partial charge on any atom is -0.489 e. The molecule has 2 N–H and O–H groups in total. The van der Waals surface area contributed by atoms with Crippen molar-refractivity contribution in [3.63, 3.8) is 0 Å². The number of halogens is 3. The molecule has 2 rings (SSSR count). The molecule has 0 unspecified atom stereocenters. The summed E-state index contributed by atoms with van der Waals surface area (Å²) in [6, 6.07) is 11.2. The Labute approximate surface area is 166 Å². The molecule has 0 aromatic heterocycles. The summed E-state index contributed by atoms with van der Waals surface area (Å²) in [5.41, 5.74) is 1.91. The van der Waals surface area contributed by atoms with Crippen molar-refractivity contribution in [1.29, 1.82) is 0 Å². The van der Waals surface area contributed by atoms with Gasteiger partial charge in [-0.3, -0.25) is 0 Å². The predicted octanol–water partition coefficient (Wildman–Crippen LogP) is 4.43. The van der Waals surface area contributed by atoms with Gasteiger partial charge in [0.1, 0.15) is 12.4 Å². The molecule has 0 radical (unpaired) electrons. The lowest BCUT2D eigenvalue weighted by molar-refractivity contribution is 0.0937. The maximum Gasteiger partial charge on any atom is 0.124 e. The van der Waals surface area contributed by atoms with Gasteiger partial charge in [0, 0.05) is 38.7 Å². The van der Waals surface area contributed by atoms with Gasteiger partial charge in [0.25, 0.3) is 0 Å². The summed E-state index contributed by atoms with van der Waals surface area (Å²) >= 11 is 15.6. The molecule has 0 saturated heterocycles. The van der Waals surface area contributed by atoms with Crippen LogP contribution >= 0.6 is 39.1 Å². The molecular weight excluding hydrogens is 429 g/mol. The summed E-state index contributed by atoms with van der Waals surface area (Å²) < 4.78 is 12.2. The van der Waals surface area contributed by atoms with E-state index in [-0.39, 0.29) is 6.61 Å². The van der Waals surface area contributed by atoms with Crippen LogP contribution in [0.1, 0.15) is 11.1 Å². The van der Waals surface area contributed by atoms with E-state index in [1.165, 1.54) is 0 Å². The lowest BCUT2D eigenvalue weighted by atomic mass is 10.2. The summed E-state index contributed by atoms with van der Waals surface area (Å²) in [5.74, 6) is 0.790. The average molecular weight is 449 g/mol. The van der Waals surface area contributed by atoms with Gasteiger partial charge in [-0.15, -0.1) is 0 Å². The number of nitrogens with one attached hydrogen (secondary N) is 1. The maximum absolute atomic E-state index is 8.67. The fraction of sp³-hybridized carbons (Fsp3) is 0.333. The fourth-order valence-electron chi connectivity index (χ4n) is 2.16. The molecule has 0 aliphatic rings. The Balaban J connectivity index is 1.93. The van der Waals surface area contributed by atoms with Crippen LogP contribution in [0.25, 0.3) is 0 Å². The van der Waals surface area contributed by atoms with Crippen LogP contribution in [0.15, 0.2) is 40.9 Å². The average Bonchev–Trinajstić information content (AvgIpc) is 2.58. The smallest absolute Gasteiger partial charge is 0.124 e. The monoisotopic (exact) mass is 447 g/mol. The molecule has 0 heterocycles. The van der Waals surface area contributed by atoms with Crippen LogP contribution in [0.3, 0.4) is 0 Å². The summed E-state index contributed by atoms with van der Waals surface area (Å²) in [6.45, 7) is 2.64. The Hall–Kier alpha value is -0.820. The van der Waals surface area contributed by atoms with Crippen molar-refractivity contribution < 1.29 is 14.6 Å². The Bertz CT molecular complexity index is 685. The van der Waals surface area contributed by atoms with Gasteiger partial charge in [0.15, 0.2) is 0 Å². The van der Waals surface area contributed by atoms with Crippen molar-refractivity contribution in [2.45, 2.75) is 13.2 Å². The van der Waals surface area contributed by atoms with Gasteiger partial charge in [-0.2, -0.15) is 0 Å². The molecule has 4 nitrogen and oxygen atoms in total. The molecule has 0 saturated carbocycles. The first-order valence-corrected chi connectivity index (χ1v) is 9.39. The van der Waals surface area contributed by atoms with E-state index >= 15 is 0 Å². The first-order chi connectivity index (χ1) is 12.1. The molecule has 0 fully saturated rings. The van der Waals surface area contributed by atoms with Gasteiger partial charge in [0.2, 0.25) is 0 Å². The summed E-state index contributed by atoms with van der Waals surface area (Å²) in [7, 11) is 0. The topological polar surface area (TPSA) is 50.7 Å². The van der Waals surface area contributed by atoms with Crippen LogP contribution in [0, 0.1) is 0 Å². The van der Waals surface area contributed by atoms with E-state index in [0.717, 1.165) is 21.3 Å². The highest BCUT2D eigenvalue weighted by atomic mass is 79.9. The number of benzene rings is 2. The van der Waals surface area contributed by atoms with Crippen LogP contribution in [-0.2, 0) is 17.9 Å². The number of rotatable bonds is 10. The number of hydrogen-bond donors (Lipinski definition) is 2. The molecule has 7 heteroatoms. The maximum atomic E-state index is 8.67. The Morgan fingerprint density at radius 2 is 1.88 bits per heavy atom. The van der Waals surface area contributed by atoms with Gasteiger partial charge >= 0.3 is 0 Å². The highest BCUT2D eigenvalue weighted by Gasteiger charge is 2.07. The number of hydrogen-bond acceptors (Lipinski definition) is 4. The van der Waals surface area contributed by atoms with E-state index < -0.39 is 0 Å².